The molecule has 0 saturated heterocycles. The van der Waals surface area contributed by atoms with Gasteiger partial charge in [0.05, 0.1) is 102 Å². The normalized spacial score (nSPS) is 13.4. The lowest BCUT2D eigenvalue weighted by Gasteiger charge is -2.23. The average molecular weight is 1360 g/mol. The first-order valence-electron chi connectivity index (χ1n) is 34.0. The molecule has 16 rings (SSSR count). The minimum absolute atomic E-state index is 0.0368. The highest BCUT2D eigenvalue weighted by Crippen LogP contribution is 2.41. The van der Waals surface area contributed by atoms with E-state index in [0.29, 0.717) is 55.0 Å². The molecule has 8 N–H and O–H groups in total. The summed E-state index contributed by atoms with van der Waals surface area (Å²) >= 11 is 0. The van der Waals surface area contributed by atoms with Crippen LogP contribution < -0.4 is 52.3 Å². The van der Waals surface area contributed by atoms with Crippen molar-refractivity contribution in [1.29, 1.82) is 5.26 Å². The summed E-state index contributed by atoms with van der Waals surface area (Å²) in [6, 6.07) is 43.2. The van der Waals surface area contributed by atoms with E-state index >= 15 is 0 Å². The van der Waals surface area contributed by atoms with Crippen LogP contribution in [0.15, 0.2) is 152 Å². The highest BCUT2D eigenvalue weighted by molar-refractivity contribution is 6.11. The lowest BCUT2D eigenvalue weighted by molar-refractivity contribution is -0.122. The lowest BCUT2D eigenvalue weighted by Crippen LogP contribution is -2.30. The number of carbonyl (C=O) groups excluding carboxylic acids is 4. The van der Waals surface area contributed by atoms with Gasteiger partial charge in [-0.05, 0) is 202 Å². The summed E-state index contributed by atoms with van der Waals surface area (Å²) in [5, 5.41) is 46.6. The van der Waals surface area contributed by atoms with E-state index in [-0.39, 0.29) is 29.5 Å². The van der Waals surface area contributed by atoms with E-state index in [2.05, 4.69) is 95.6 Å². The molecule has 7 aromatic carbocycles. The van der Waals surface area contributed by atoms with E-state index in [1.54, 1.807) is 54.4 Å². The van der Waals surface area contributed by atoms with Crippen molar-refractivity contribution in [2.45, 2.75) is 101 Å². The molecule has 1 aliphatic carbocycles. The third-order valence-electron chi connectivity index (χ3n) is 19.2. The van der Waals surface area contributed by atoms with Gasteiger partial charge in [0.1, 0.15) is 23.3 Å². The number of nitrogens with two attached hydrogens (primary N) is 1. The monoisotopic (exact) mass is 1360 g/mol. The number of nitriles is 1. The van der Waals surface area contributed by atoms with Crippen LogP contribution in [0.25, 0.3) is 0 Å². The second-order valence-corrected chi connectivity index (χ2v) is 26.8. The first-order valence-corrected chi connectivity index (χ1v) is 34.0. The first-order chi connectivity index (χ1) is 49.1. The van der Waals surface area contributed by atoms with Crippen LogP contribution >= 0.6 is 0 Å². The van der Waals surface area contributed by atoms with E-state index < -0.39 is 0 Å². The second-order valence-electron chi connectivity index (χ2n) is 26.8. The molecule has 0 bridgehead atoms. The number of carbonyl (C=O) groups is 4. The van der Waals surface area contributed by atoms with Gasteiger partial charge in [0.2, 0.25) is 5.91 Å². The van der Waals surface area contributed by atoms with Gasteiger partial charge < -0.3 is 52.3 Å². The molecule has 0 unspecified atom stereocenters. The van der Waals surface area contributed by atoms with Gasteiger partial charge in [-0.2, -0.15) is 25.7 Å². The van der Waals surface area contributed by atoms with Gasteiger partial charge in [-0.15, -0.1) is 0 Å². The second kappa shape index (κ2) is 28.5. The Morgan fingerprint density at radius 1 is 0.461 bits per heavy atom. The largest absolute Gasteiger partial charge is 0.379 e. The van der Waals surface area contributed by atoms with E-state index in [9.17, 15) is 19.2 Å². The molecule has 102 heavy (non-hydrogen) atoms. The summed E-state index contributed by atoms with van der Waals surface area (Å²) in [4.78, 5) is 57.7. The van der Waals surface area contributed by atoms with E-state index in [0.717, 1.165) is 149 Å². The molecule has 0 atom stereocenters. The fraction of sp³-hybridized carbons (Fsp3) is 0.253. The number of anilines is 12. The van der Waals surface area contributed by atoms with Crippen LogP contribution in [0.5, 0.6) is 0 Å². The van der Waals surface area contributed by atoms with Gasteiger partial charge in [-0.25, -0.2) is 0 Å². The predicted octanol–water partition coefficient (Wildman–Crippen LogP) is 13.6. The van der Waals surface area contributed by atoms with E-state index in [1.165, 1.54) is 11.1 Å². The zero-order valence-corrected chi connectivity index (χ0v) is 59.2. The smallest absolute Gasteiger partial charge is 0.258 e. The zero-order chi connectivity index (χ0) is 71.8. The van der Waals surface area contributed by atoms with Gasteiger partial charge in [-0.3, -0.25) is 37.9 Å². The Hall–Kier alpha value is -12.3. The predicted molar refractivity (Wildman–Crippen MR) is 400 cm³/mol. The molecule has 5 aliphatic rings. The lowest BCUT2D eigenvalue weighted by atomic mass is 10.0. The van der Waals surface area contributed by atoms with E-state index in [4.69, 9.17) is 11.0 Å². The molecule has 0 radical (unpaired) electrons. The molecular weight excluding hydrogens is 1280 g/mol. The maximum atomic E-state index is 13.6. The number of rotatable bonds is 7. The molecular formula is C79H83N19O4. The van der Waals surface area contributed by atoms with Crippen LogP contribution in [0, 0.1) is 65.7 Å². The Morgan fingerprint density at radius 3 is 1.24 bits per heavy atom. The molecule has 23 nitrogen and oxygen atoms in total. The van der Waals surface area contributed by atoms with Crippen molar-refractivity contribution in [2.75, 3.05) is 41.3 Å². The van der Waals surface area contributed by atoms with Crippen LogP contribution in [-0.4, -0.2) is 62.8 Å². The van der Waals surface area contributed by atoms with Crippen LogP contribution in [0.3, 0.4) is 0 Å². The van der Waals surface area contributed by atoms with Crippen molar-refractivity contribution in [3.05, 3.63) is 247 Å². The Morgan fingerprint density at radius 2 is 0.833 bits per heavy atom. The number of aryl methyl sites for hydroxylation is 11. The number of nitrogens with zero attached hydrogens (tertiary/aromatic N) is 12. The van der Waals surface area contributed by atoms with Crippen molar-refractivity contribution < 1.29 is 19.2 Å². The molecule has 4 aromatic heterocycles. The molecule has 8 heterocycles. The minimum atomic E-state index is -0.105. The van der Waals surface area contributed by atoms with Crippen LogP contribution in [0.2, 0.25) is 0 Å². The average Bonchev–Trinajstić information content (AvgIpc) is 1.60. The van der Waals surface area contributed by atoms with Crippen molar-refractivity contribution in [1.82, 2.24) is 44.4 Å². The Balaban J connectivity index is 0.000000124. The molecule has 4 aliphatic heterocycles. The topological polar surface area (TPSA) is 271 Å². The molecule has 1 fully saturated rings. The van der Waals surface area contributed by atoms with Crippen molar-refractivity contribution >= 4 is 92.4 Å². The molecule has 518 valence electrons. The summed E-state index contributed by atoms with van der Waals surface area (Å²) in [7, 11) is 7.62. The van der Waals surface area contributed by atoms with Gasteiger partial charge in [-0.1, -0.05) is 36.4 Å². The van der Waals surface area contributed by atoms with E-state index in [1.807, 2.05) is 171 Å². The zero-order valence-electron chi connectivity index (χ0n) is 59.2. The number of benzene rings is 7. The number of fused-ring (bicyclic) bond motifs is 8. The summed E-state index contributed by atoms with van der Waals surface area (Å²) in [6.45, 7) is 17.1. The van der Waals surface area contributed by atoms with Crippen molar-refractivity contribution in [3.63, 3.8) is 0 Å². The maximum Gasteiger partial charge on any atom is 0.258 e. The number of hydrogen-bond donors (Lipinski definition) is 7. The molecule has 11 aromatic rings. The summed E-state index contributed by atoms with van der Waals surface area (Å²) in [6.07, 6.45) is 9.27. The van der Waals surface area contributed by atoms with Gasteiger partial charge in [0.25, 0.3) is 17.7 Å². The Kier molecular flexibility index (Phi) is 19.1. The number of aromatic nitrogens is 8. The number of hydrogen-bond acceptors (Lipinski definition) is 15. The summed E-state index contributed by atoms with van der Waals surface area (Å²) < 4.78 is 7.25. The van der Waals surface area contributed by atoms with Crippen molar-refractivity contribution in [3.8, 4) is 6.07 Å². The molecule has 0 spiro atoms. The Bertz CT molecular complexity index is 5160. The molecule has 1 saturated carbocycles. The third-order valence-corrected chi connectivity index (χ3v) is 19.2. The van der Waals surface area contributed by atoms with Gasteiger partial charge in [0.15, 0.2) is 0 Å². The standard InChI is InChI=1S/C25H27N5O2.C21H23N5O.C21H19N5O.C12H14N4/c1-15-4-9-22-21(10-15)28-23-20(13-27-29(23)3)14-30(22)25(32)18-7-8-19(16(2)11-18)12-26-24(31)17-5-6-17;2*1-13-4-7-19-18(8-13)24-20-17(11-23-25(20)3)12-26(19)21(27)15-5-6-16(10-22)14(2)9-15;1-8-3-4-10-11(5-8)15-12-9(6-13-10)7-14-16(12)2/h4,7-11,13,17,28H,5-6,12,14H2,1-3H3,(H,26,31);4-9,11,24H,10,12,22H2,1-3H3;4-9,11,24H,12H2,1-3H3;3-5,7,13,15H,6H2,1-2H3. The number of nitrogens with one attached hydrogen (secondary N) is 6. The third kappa shape index (κ3) is 14.2. The van der Waals surface area contributed by atoms with Crippen LogP contribution in [0.1, 0.15) is 122 Å². The SMILES string of the molecule is Cc1ccc2c(c1)Nc1c(cnn1C)CN2.Cc1ccc2c(c1)Nc1c(cnn1C)CN2C(=O)c1ccc(C#N)c(C)c1.Cc1ccc2c(c1)Nc1c(cnn1C)CN2C(=O)c1ccc(CN)c(C)c1.Cc1ccc2c(c1)Nc1c(cnn1C)CN2C(=O)c1ccc(CNC(=O)C2CC2)c(C)c1. The maximum absolute atomic E-state index is 13.6. The molecule has 4 amide bonds. The fourth-order valence-electron chi connectivity index (χ4n) is 13.1. The highest BCUT2D eigenvalue weighted by Gasteiger charge is 2.32. The summed E-state index contributed by atoms with van der Waals surface area (Å²) in [5.74, 6) is 3.86. The van der Waals surface area contributed by atoms with Crippen molar-refractivity contribution in [2.24, 2.45) is 39.8 Å². The van der Waals surface area contributed by atoms with Gasteiger partial charge >= 0.3 is 0 Å². The quantitative estimate of drug-likeness (QED) is 0.0782. The fourth-order valence-corrected chi connectivity index (χ4v) is 13.1. The van der Waals surface area contributed by atoms with Crippen LogP contribution in [-0.2, 0) is 72.3 Å². The number of amides is 4. The minimum Gasteiger partial charge on any atom is -0.379 e. The first kappa shape index (κ1) is 68.2. The highest BCUT2D eigenvalue weighted by atomic mass is 16.2. The Labute approximate surface area is 593 Å². The summed E-state index contributed by atoms with van der Waals surface area (Å²) in [5.41, 5.74) is 29.2. The van der Waals surface area contributed by atoms with Gasteiger partial charge in [0, 0.05) is 92.7 Å². The van der Waals surface area contributed by atoms with Crippen LogP contribution in [0.4, 0.5) is 68.8 Å². The molecule has 23 heteroatoms.